The SMILES string of the molecule is CN(C[C@H]1COc2ccccc2O1)C(=O)c1cc2ccccc2[nH]c1=O. The van der Waals surface area contributed by atoms with E-state index >= 15 is 0 Å². The van der Waals surface area contributed by atoms with E-state index in [1.165, 1.54) is 4.90 Å². The average Bonchev–Trinajstić information content (AvgIpc) is 2.66. The lowest BCUT2D eigenvalue weighted by Gasteiger charge is -2.29. The van der Waals surface area contributed by atoms with Crippen molar-refractivity contribution in [3.8, 4) is 11.5 Å². The number of carbonyl (C=O) groups is 1. The van der Waals surface area contributed by atoms with E-state index in [-0.39, 0.29) is 17.6 Å². The van der Waals surface area contributed by atoms with E-state index in [4.69, 9.17) is 9.47 Å². The van der Waals surface area contributed by atoms with Crippen molar-refractivity contribution >= 4 is 16.8 Å². The fourth-order valence-corrected chi connectivity index (χ4v) is 3.05. The largest absolute Gasteiger partial charge is 0.486 e. The van der Waals surface area contributed by atoms with Gasteiger partial charge in [0.2, 0.25) is 0 Å². The Bertz CT molecular complexity index is 1030. The number of hydrogen-bond acceptors (Lipinski definition) is 4. The van der Waals surface area contributed by atoms with Crippen LogP contribution >= 0.6 is 0 Å². The molecule has 1 aliphatic rings. The molecule has 0 fully saturated rings. The third-order valence-electron chi connectivity index (χ3n) is 4.38. The Kier molecular flexibility index (Phi) is 4.08. The summed E-state index contributed by atoms with van der Waals surface area (Å²) in [4.78, 5) is 29.3. The number of H-pyrrole nitrogens is 1. The summed E-state index contributed by atoms with van der Waals surface area (Å²) in [6.07, 6.45) is -0.293. The number of aromatic nitrogens is 1. The second-order valence-electron chi connectivity index (χ2n) is 6.28. The van der Waals surface area contributed by atoms with E-state index in [1.807, 2.05) is 42.5 Å². The van der Waals surface area contributed by atoms with Gasteiger partial charge in [-0.25, -0.2) is 0 Å². The molecule has 0 saturated carbocycles. The third-order valence-corrected chi connectivity index (χ3v) is 4.38. The van der Waals surface area contributed by atoms with E-state index in [9.17, 15) is 9.59 Å². The summed E-state index contributed by atoms with van der Waals surface area (Å²) in [5.41, 5.74) is 0.423. The molecule has 26 heavy (non-hydrogen) atoms. The summed E-state index contributed by atoms with van der Waals surface area (Å²) in [6, 6.07) is 16.4. The molecule has 1 N–H and O–H groups in total. The second kappa shape index (κ2) is 6.55. The standard InChI is InChI=1S/C20H18N2O4/c1-22(11-14-12-25-17-8-4-5-9-18(17)26-14)20(24)15-10-13-6-2-3-7-16(13)21-19(15)23/h2-10,14H,11-12H2,1H3,(H,21,23)/t14-/m0/s1. The summed E-state index contributed by atoms with van der Waals surface area (Å²) in [5.74, 6) is 1.01. The molecule has 0 bridgehead atoms. The van der Waals surface area contributed by atoms with Gasteiger partial charge < -0.3 is 19.4 Å². The van der Waals surface area contributed by atoms with E-state index in [0.717, 1.165) is 5.39 Å². The highest BCUT2D eigenvalue weighted by molar-refractivity contribution is 5.97. The average molecular weight is 350 g/mol. The third kappa shape index (κ3) is 3.01. The minimum atomic E-state index is -0.397. The first-order valence-electron chi connectivity index (χ1n) is 8.38. The number of benzene rings is 2. The van der Waals surface area contributed by atoms with Crippen LogP contribution in [0.5, 0.6) is 11.5 Å². The molecule has 1 atom stereocenters. The summed E-state index contributed by atoms with van der Waals surface area (Å²) in [7, 11) is 1.65. The molecular formula is C20H18N2O4. The van der Waals surface area contributed by atoms with Crippen LogP contribution in [0.4, 0.5) is 0 Å². The Morgan fingerprint density at radius 3 is 2.73 bits per heavy atom. The van der Waals surface area contributed by atoms with Crippen LogP contribution in [0, 0.1) is 0 Å². The smallest absolute Gasteiger partial charge is 0.261 e. The van der Waals surface area contributed by atoms with E-state index in [2.05, 4.69) is 4.98 Å². The van der Waals surface area contributed by atoms with Crippen molar-refractivity contribution in [2.45, 2.75) is 6.10 Å². The molecule has 1 aliphatic heterocycles. The number of ether oxygens (including phenoxy) is 2. The summed E-state index contributed by atoms with van der Waals surface area (Å²) in [5, 5.41) is 0.815. The maximum atomic E-state index is 12.7. The lowest BCUT2D eigenvalue weighted by atomic mass is 10.1. The van der Waals surface area contributed by atoms with Gasteiger partial charge in [-0.2, -0.15) is 0 Å². The second-order valence-corrected chi connectivity index (χ2v) is 6.28. The van der Waals surface area contributed by atoms with E-state index in [1.54, 1.807) is 19.2 Å². The summed E-state index contributed by atoms with van der Waals surface area (Å²) >= 11 is 0. The van der Waals surface area contributed by atoms with E-state index < -0.39 is 5.56 Å². The number of carbonyl (C=O) groups excluding carboxylic acids is 1. The van der Waals surface area contributed by atoms with Crippen molar-refractivity contribution in [1.82, 2.24) is 9.88 Å². The van der Waals surface area contributed by atoms with Crippen LogP contribution in [0.3, 0.4) is 0 Å². The maximum Gasteiger partial charge on any atom is 0.261 e. The predicted octanol–water partition coefficient (Wildman–Crippen LogP) is 2.44. The van der Waals surface area contributed by atoms with Gasteiger partial charge in [-0.05, 0) is 29.7 Å². The Morgan fingerprint density at radius 2 is 1.88 bits per heavy atom. The predicted molar refractivity (Wildman–Crippen MR) is 97.9 cm³/mol. The molecule has 2 aromatic carbocycles. The van der Waals surface area contributed by atoms with Crippen LogP contribution in [0.25, 0.3) is 10.9 Å². The Balaban J connectivity index is 1.52. The molecule has 2 heterocycles. The van der Waals surface area contributed by atoms with E-state index in [0.29, 0.717) is 30.2 Å². The number of pyridine rings is 1. The molecule has 1 amide bonds. The molecule has 4 rings (SSSR count). The van der Waals surface area contributed by atoms with Crippen LogP contribution in [-0.4, -0.2) is 42.1 Å². The van der Waals surface area contributed by atoms with Crippen LogP contribution in [-0.2, 0) is 0 Å². The topological polar surface area (TPSA) is 71.6 Å². The molecule has 132 valence electrons. The molecule has 0 radical (unpaired) electrons. The van der Waals surface area contributed by atoms with Crippen molar-refractivity contribution in [3.05, 3.63) is 70.5 Å². The van der Waals surface area contributed by atoms with Gasteiger partial charge in [-0.15, -0.1) is 0 Å². The lowest BCUT2D eigenvalue weighted by molar-refractivity contribution is 0.0520. The van der Waals surface area contributed by atoms with Gasteiger partial charge in [0, 0.05) is 12.6 Å². The first-order chi connectivity index (χ1) is 12.6. The number of likely N-dealkylation sites (N-methyl/N-ethyl adjacent to an activating group) is 1. The number of para-hydroxylation sites is 3. The van der Waals surface area contributed by atoms with Gasteiger partial charge in [0.05, 0.1) is 6.54 Å². The molecule has 6 heteroatoms. The minimum Gasteiger partial charge on any atom is -0.486 e. The molecule has 1 aromatic heterocycles. The Labute approximate surface area is 150 Å². The molecule has 0 unspecified atom stereocenters. The number of nitrogens with one attached hydrogen (secondary N) is 1. The lowest BCUT2D eigenvalue weighted by Crippen LogP contribution is -2.42. The van der Waals surface area contributed by atoms with Gasteiger partial charge in [0.15, 0.2) is 17.6 Å². The van der Waals surface area contributed by atoms with Crippen molar-refractivity contribution < 1.29 is 14.3 Å². The fraction of sp³-hybridized carbons (Fsp3) is 0.200. The van der Waals surface area contributed by atoms with Crippen LogP contribution < -0.4 is 15.0 Å². The van der Waals surface area contributed by atoms with Crippen LogP contribution in [0.1, 0.15) is 10.4 Å². The fourth-order valence-electron chi connectivity index (χ4n) is 3.05. The molecule has 0 spiro atoms. The normalized spacial score (nSPS) is 15.7. The van der Waals surface area contributed by atoms with Crippen molar-refractivity contribution in [2.24, 2.45) is 0 Å². The zero-order chi connectivity index (χ0) is 18.1. The number of nitrogens with zero attached hydrogens (tertiary/aromatic N) is 1. The first kappa shape index (κ1) is 16.2. The van der Waals surface area contributed by atoms with Gasteiger partial charge in [-0.1, -0.05) is 30.3 Å². The maximum absolute atomic E-state index is 12.7. The zero-order valence-corrected chi connectivity index (χ0v) is 14.3. The zero-order valence-electron chi connectivity index (χ0n) is 14.3. The van der Waals surface area contributed by atoms with Crippen LogP contribution in [0.2, 0.25) is 0 Å². The van der Waals surface area contributed by atoms with Crippen molar-refractivity contribution in [2.75, 3.05) is 20.2 Å². The summed E-state index contributed by atoms with van der Waals surface area (Å²) in [6.45, 7) is 0.669. The van der Waals surface area contributed by atoms with Gasteiger partial charge in [0.25, 0.3) is 11.5 Å². The molecule has 0 saturated heterocycles. The highest BCUT2D eigenvalue weighted by Gasteiger charge is 2.25. The summed E-state index contributed by atoms with van der Waals surface area (Å²) < 4.78 is 11.6. The molecular weight excluding hydrogens is 332 g/mol. The number of amides is 1. The number of rotatable bonds is 3. The van der Waals surface area contributed by atoms with Crippen LogP contribution in [0.15, 0.2) is 59.4 Å². The van der Waals surface area contributed by atoms with Gasteiger partial charge >= 0.3 is 0 Å². The number of hydrogen-bond donors (Lipinski definition) is 1. The quantitative estimate of drug-likeness (QED) is 0.788. The monoisotopic (exact) mass is 350 g/mol. The molecule has 6 nitrogen and oxygen atoms in total. The van der Waals surface area contributed by atoms with Gasteiger partial charge in [0.1, 0.15) is 12.2 Å². The number of aromatic amines is 1. The first-order valence-corrected chi connectivity index (χ1v) is 8.38. The van der Waals surface area contributed by atoms with Crippen molar-refractivity contribution in [3.63, 3.8) is 0 Å². The van der Waals surface area contributed by atoms with Gasteiger partial charge in [-0.3, -0.25) is 9.59 Å². The van der Waals surface area contributed by atoms with Crippen molar-refractivity contribution in [1.29, 1.82) is 0 Å². The Morgan fingerprint density at radius 1 is 1.15 bits per heavy atom. The minimum absolute atomic E-state index is 0.114. The molecule has 0 aliphatic carbocycles. The Hall–Kier alpha value is -3.28. The highest BCUT2D eigenvalue weighted by atomic mass is 16.6. The number of fused-ring (bicyclic) bond motifs is 2. The highest BCUT2D eigenvalue weighted by Crippen LogP contribution is 2.31. The molecule has 3 aromatic rings.